The molecule has 8 heteroatoms. The molecule has 1 heterocycles. The Balaban J connectivity index is 1.91. The summed E-state index contributed by atoms with van der Waals surface area (Å²) < 4.78 is 32.6. The molecule has 2 amide bonds. The molecule has 3 rings (SSSR count). The van der Waals surface area contributed by atoms with Crippen LogP contribution in [0.2, 0.25) is 0 Å². The average Bonchev–Trinajstić information content (AvgIpc) is 2.73. The van der Waals surface area contributed by atoms with Crippen molar-refractivity contribution in [2.24, 2.45) is 0 Å². The van der Waals surface area contributed by atoms with Gasteiger partial charge in [0.25, 0.3) is 0 Å². The van der Waals surface area contributed by atoms with Crippen LogP contribution in [0.4, 0.5) is 14.5 Å². The Morgan fingerprint density at radius 2 is 1.81 bits per heavy atom. The Labute approximate surface area is 178 Å². The minimum absolute atomic E-state index is 0.110. The molecule has 1 atom stereocenters. The third-order valence-electron chi connectivity index (χ3n) is 5.03. The molecule has 0 radical (unpaired) electrons. The van der Waals surface area contributed by atoms with Crippen LogP contribution in [0.5, 0.6) is 0 Å². The summed E-state index contributed by atoms with van der Waals surface area (Å²) in [4.78, 5) is 39.2. The van der Waals surface area contributed by atoms with E-state index in [4.69, 9.17) is 4.74 Å². The lowest BCUT2D eigenvalue weighted by molar-refractivity contribution is -0.140. The number of carbonyl (C=O) groups is 3. The Morgan fingerprint density at radius 3 is 2.45 bits per heavy atom. The quantitative estimate of drug-likeness (QED) is 0.711. The molecule has 0 saturated heterocycles. The zero-order valence-corrected chi connectivity index (χ0v) is 17.2. The number of ether oxygens (including phenoxy) is 1. The van der Waals surface area contributed by atoms with Crippen molar-refractivity contribution in [2.45, 2.75) is 26.2 Å². The molecule has 1 aliphatic heterocycles. The number of esters is 1. The molecule has 1 unspecified atom stereocenters. The van der Waals surface area contributed by atoms with Crippen LogP contribution in [0, 0.1) is 11.6 Å². The Kier molecular flexibility index (Phi) is 6.79. The van der Waals surface area contributed by atoms with E-state index in [1.54, 1.807) is 13.0 Å². The number of carbonyl (C=O) groups excluding carboxylic acids is 3. The topological polar surface area (TPSA) is 75.7 Å². The van der Waals surface area contributed by atoms with Gasteiger partial charge in [-0.05, 0) is 49.7 Å². The number of nitrogens with one attached hydrogen (secondary N) is 1. The fourth-order valence-electron chi connectivity index (χ4n) is 3.58. The Bertz CT molecular complexity index is 1030. The van der Waals surface area contributed by atoms with E-state index < -0.39 is 35.3 Å². The molecule has 2 aromatic rings. The SMILES string of the molecule is CCOC(=O)C1=C(C)N(CC(=O)Nc2ccc(F)cc2)C(=O)CC1c1ccccc1F. The summed E-state index contributed by atoms with van der Waals surface area (Å²) in [6.45, 7) is 2.93. The largest absolute Gasteiger partial charge is 0.463 e. The molecule has 0 aliphatic carbocycles. The molecule has 162 valence electrons. The van der Waals surface area contributed by atoms with Gasteiger partial charge in [0, 0.05) is 23.7 Å². The summed E-state index contributed by atoms with van der Waals surface area (Å²) in [5, 5.41) is 2.58. The first-order valence-corrected chi connectivity index (χ1v) is 9.80. The van der Waals surface area contributed by atoms with E-state index in [0.717, 1.165) is 0 Å². The van der Waals surface area contributed by atoms with Crippen LogP contribution in [-0.2, 0) is 19.1 Å². The van der Waals surface area contributed by atoms with Gasteiger partial charge < -0.3 is 15.0 Å². The standard InChI is InChI=1S/C23H22F2N2O4/c1-3-31-23(30)22-14(2)27(13-20(28)26-16-10-8-15(24)9-11-16)21(29)12-18(22)17-6-4-5-7-19(17)25/h4-11,18H,3,12-13H2,1-2H3,(H,26,28). The van der Waals surface area contributed by atoms with E-state index in [1.807, 2.05) is 0 Å². The lowest BCUT2D eigenvalue weighted by Crippen LogP contribution is -2.42. The highest BCUT2D eigenvalue weighted by molar-refractivity contribution is 5.99. The number of anilines is 1. The van der Waals surface area contributed by atoms with Crippen molar-refractivity contribution < 1.29 is 27.9 Å². The van der Waals surface area contributed by atoms with Gasteiger partial charge in [0.2, 0.25) is 11.8 Å². The number of halogens is 2. The van der Waals surface area contributed by atoms with E-state index in [1.165, 1.54) is 54.3 Å². The van der Waals surface area contributed by atoms with Crippen LogP contribution in [-0.4, -0.2) is 35.8 Å². The zero-order chi connectivity index (χ0) is 22.5. The molecule has 31 heavy (non-hydrogen) atoms. The highest BCUT2D eigenvalue weighted by Gasteiger charge is 2.38. The third kappa shape index (κ3) is 4.96. The lowest BCUT2D eigenvalue weighted by atomic mass is 9.83. The van der Waals surface area contributed by atoms with Gasteiger partial charge in [-0.15, -0.1) is 0 Å². The van der Waals surface area contributed by atoms with Gasteiger partial charge in [0.15, 0.2) is 0 Å². The summed E-state index contributed by atoms with van der Waals surface area (Å²) in [6, 6.07) is 11.1. The smallest absolute Gasteiger partial charge is 0.336 e. The molecular weight excluding hydrogens is 406 g/mol. The predicted molar refractivity (Wildman–Crippen MR) is 110 cm³/mol. The van der Waals surface area contributed by atoms with Crippen molar-refractivity contribution in [3.05, 3.63) is 77.0 Å². The van der Waals surface area contributed by atoms with Crippen LogP contribution in [0.15, 0.2) is 59.8 Å². The lowest BCUT2D eigenvalue weighted by Gasteiger charge is -2.34. The number of amides is 2. The number of hydrogen-bond donors (Lipinski definition) is 1. The highest BCUT2D eigenvalue weighted by atomic mass is 19.1. The maximum absolute atomic E-state index is 14.4. The Morgan fingerprint density at radius 1 is 1.13 bits per heavy atom. The molecule has 6 nitrogen and oxygen atoms in total. The number of nitrogens with zero attached hydrogens (tertiary/aromatic N) is 1. The minimum atomic E-state index is -0.816. The zero-order valence-electron chi connectivity index (χ0n) is 17.2. The molecule has 1 N–H and O–H groups in total. The first-order chi connectivity index (χ1) is 14.8. The summed E-state index contributed by atoms with van der Waals surface area (Å²) in [5.74, 6) is -3.40. The van der Waals surface area contributed by atoms with E-state index in [9.17, 15) is 23.2 Å². The van der Waals surface area contributed by atoms with Gasteiger partial charge in [0.05, 0.1) is 12.2 Å². The maximum atomic E-state index is 14.4. The molecule has 2 aromatic carbocycles. The first kappa shape index (κ1) is 22.1. The molecule has 0 spiro atoms. The fourth-order valence-corrected chi connectivity index (χ4v) is 3.58. The number of hydrogen-bond acceptors (Lipinski definition) is 4. The van der Waals surface area contributed by atoms with Crippen molar-refractivity contribution in [1.29, 1.82) is 0 Å². The summed E-state index contributed by atoms with van der Waals surface area (Å²) in [5.41, 5.74) is 0.958. The second-order valence-corrected chi connectivity index (χ2v) is 7.03. The molecule has 0 saturated carbocycles. The van der Waals surface area contributed by atoms with Crippen molar-refractivity contribution >= 4 is 23.5 Å². The number of allylic oxidation sites excluding steroid dienone is 1. The molecular formula is C23H22F2N2O4. The summed E-state index contributed by atoms with van der Waals surface area (Å²) in [7, 11) is 0. The highest BCUT2D eigenvalue weighted by Crippen LogP contribution is 2.38. The average molecular weight is 428 g/mol. The maximum Gasteiger partial charge on any atom is 0.336 e. The minimum Gasteiger partial charge on any atom is -0.463 e. The molecule has 0 bridgehead atoms. The van der Waals surface area contributed by atoms with Gasteiger partial charge >= 0.3 is 5.97 Å². The summed E-state index contributed by atoms with van der Waals surface area (Å²) >= 11 is 0. The van der Waals surface area contributed by atoms with Crippen LogP contribution >= 0.6 is 0 Å². The molecule has 0 aromatic heterocycles. The van der Waals surface area contributed by atoms with Crippen molar-refractivity contribution in [2.75, 3.05) is 18.5 Å². The van der Waals surface area contributed by atoms with E-state index in [-0.39, 0.29) is 36.4 Å². The van der Waals surface area contributed by atoms with Crippen molar-refractivity contribution in [3.8, 4) is 0 Å². The number of rotatable bonds is 6. The van der Waals surface area contributed by atoms with Crippen LogP contribution in [0.1, 0.15) is 31.7 Å². The summed E-state index contributed by atoms with van der Waals surface area (Å²) in [6.07, 6.45) is -0.184. The van der Waals surface area contributed by atoms with Crippen molar-refractivity contribution in [3.63, 3.8) is 0 Å². The second-order valence-electron chi connectivity index (χ2n) is 7.03. The molecule has 0 fully saturated rings. The monoisotopic (exact) mass is 428 g/mol. The van der Waals surface area contributed by atoms with Crippen LogP contribution < -0.4 is 5.32 Å². The first-order valence-electron chi connectivity index (χ1n) is 9.80. The second kappa shape index (κ2) is 9.51. The van der Waals surface area contributed by atoms with Crippen LogP contribution in [0.25, 0.3) is 0 Å². The third-order valence-corrected chi connectivity index (χ3v) is 5.03. The van der Waals surface area contributed by atoms with Gasteiger partial charge in [-0.1, -0.05) is 18.2 Å². The van der Waals surface area contributed by atoms with Crippen LogP contribution in [0.3, 0.4) is 0 Å². The predicted octanol–water partition coefficient (Wildman–Crippen LogP) is 3.76. The van der Waals surface area contributed by atoms with Crippen molar-refractivity contribution in [1.82, 2.24) is 4.90 Å². The van der Waals surface area contributed by atoms with Gasteiger partial charge in [0.1, 0.15) is 18.2 Å². The fraction of sp³-hybridized carbons (Fsp3) is 0.261. The van der Waals surface area contributed by atoms with E-state index in [2.05, 4.69) is 5.32 Å². The molecule has 1 aliphatic rings. The van der Waals surface area contributed by atoms with Gasteiger partial charge in [-0.3, -0.25) is 9.59 Å². The normalized spacial score (nSPS) is 16.3. The van der Waals surface area contributed by atoms with E-state index >= 15 is 0 Å². The van der Waals surface area contributed by atoms with Gasteiger partial charge in [-0.2, -0.15) is 0 Å². The van der Waals surface area contributed by atoms with E-state index in [0.29, 0.717) is 5.69 Å². The van der Waals surface area contributed by atoms with Gasteiger partial charge in [-0.25, -0.2) is 13.6 Å². The Hall–Kier alpha value is -3.55. The number of benzene rings is 2.